The number of thiophene rings is 1. The molecule has 0 aliphatic heterocycles. The van der Waals surface area contributed by atoms with Crippen molar-refractivity contribution < 1.29 is 27.5 Å². The molecule has 1 N–H and O–H groups in total. The summed E-state index contributed by atoms with van der Waals surface area (Å²) < 4.78 is 43.7. The number of benzene rings is 1. The van der Waals surface area contributed by atoms with E-state index in [1.54, 1.807) is 0 Å². The maximum absolute atomic E-state index is 13.4. The molecule has 0 atom stereocenters. The first-order valence-electron chi connectivity index (χ1n) is 5.57. The zero-order valence-corrected chi connectivity index (χ0v) is 11.4. The van der Waals surface area contributed by atoms with Crippen molar-refractivity contribution in [3.05, 3.63) is 51.5 Å². The van der Waals surface area contributed by atoms with Gasteiger partial charge in [-0.2, -0.15) is 0 Å². The first-order chi connectivity index (χ1) is 9.93. The van der Waals surface area contributed by atoms with Gasteiger partial charge < -0.3 is 10.1 Å². The summed E-state index contributed by atoms with van der Waals surface area (Å²) in [6.45, 7) is 0. The number of hydrogen-bond donors (Lipinski definition) is 1. The zero-order chi connectivity index (χ0) is 15.6. The second kappa shape index (κ2) is 5.96. The highest BCUT2D eigenvalue weighted by molar-refractivity contribution is 7.16. The predicted molar refractivity (Wildman–Crippen MR) is 69.9 cm³/mol. The Balaban J connectivity index is 2.20. The van der Waals surface area contributed by atoms with Crippen LogP contribution in [0.25, 0.3) is 0 Å². The Hall–Kier alpha value is -2.35. The summed E-state index contributed by atoms with van der Waals surface area (Å²) in [6.07, 6.45) is 0. The number of methoxy groups -OCH3 is 1. The molecule has 2 aromatic rings. The molecule has 0 unspecified atom stereocenters. The van der Waals surface area contributed by atoms with Gasteiger partial charge in [-0.3, -0.25) is 4.79 Å². The molecule has 0 spiro atoms. The van der Waals surface area contributed by atoms with Crippen molar-refractivity contribution in [1.82, 2.24) is 0 Å². The molecular weight excluding hydrogens is 307 g/mol. The van der Waals surface area contributed by atoms with E-state index in [4.69, 9.17) is 0 Å². The Morgan fingerprint density at radius 2 is 1.71 bits per heavy atom. The maximum Gasteiger partial charge on any atom is 0.348 e. The largest absolute Gasteiger partial charge is 0.465 e. The van der Waals surface area contributed by atoms with Crippen molar-refractivity contribution in [3.63, 3.8) is 0 Å². The van der Waals surface area contributed by atoms with Gasteiger partial charge in [-0.25, -0.2) is 18.0 Å². The minimum absolute atomic E-state index is 0.0968. The van der Waals surface area contributed by atoms with E-state index in [2.05, 4.69) is 10.1 Å². The van der Waals surface area contributed by atoms with E-state index in [-0.39, 0.29) is 9.75 Å². The van der Waals surface area contributed by atoms with Crippen molar-refractivity contribution in [3.8, 4) is 0 Å². The van der Waals surface area contributed by atoms with Gasteiger partial charge in [0.1, 0.15) is 4.88 Å². The Morgan fingerprint density at radius 3 is 2.38 bits per heavy atom. The maximum atomic E-state index is 13.4. The molecular formula is C13H8F3NO3S. The van der Waals surface area contributed by atoms with E-state index < -0.39 is 35.0 Å². The van der Waals surface area contributed by atoms with Crippen LogP contribution in [0.4, 0.5) is 18.9 Å². The van der Waals surface area contributed by atoms with Gasteiger partial charge in [0, 0.05) is 0 Å². The highest BCUT2D eigenvalue weighted by Crippen LogP contribution is 2.22. The van der Waals surface area contributed by atoms with Crippen LogP contribution in [0.5, 0.6) is 0 Å². The van der Waals surface area contributed by atoms with Gasteiger partial charge in [0.05, 0.1) is 17.7 Å². The molecule has 4 nitrogen and oxygen atoms in total. The molecule has 1 heterocycles. The molecule has 0 saturated carbocycles. The first-order valence-corrected chi connectivity index (χ1v) is 6.38. The minimum Gasteiger partial charge on any atom is -0.465 e. The Labute approximate surface area is 121 Å². The lowest BCUT2D eigenvalue weighted by Gasteiger charge is -2.05. The molecule has 1 amide bonds. The predicted octanol–water partition coefficient (Wildman–Crippen LogP) is 3.20. The van der Waals surface area contributed by atoms with Gasteiger partial charge in [-0.15, -0.1) is 11.3 Å². The summed E-state index contributed by atoms with van der Waals surface area (Å²) in [4.78, 5) is 23.4. The van der Waals surface area contributed by atoms with Gasteiger partial charge in [0.25, 0.3) is 5.91 Å². The number of amides is 1. The third-order valence-corrected chi connectivity index (χ3v) is 3.56. The van der Waals surface area contributed by atoms with E-state index in [1.165, 1.54) is 19.2 Å². The molecule has 2 rings (SSSR count). The lowest BCUT2D eigenvalue weighted by molar-refractivity contribution is 0.0606. The molecule has 0 aliphatic rings. The van der Waals surface area contributed by atoms with Crippen LogP contribution in [0, 0.1) is 17.5 Å². The number of halogens is 3. The average molecular weight is 315 g/mol. The molecule has 1 aromatic carbocycles. The monoisotopic (exact) mass is 315 g/mol. The number of rotatable bonds is 3. The summed E-state index contributed by atoms with van der Waals surface area (Å²) in [6, 6.07) is 4.31. The highest BCUT2D eigenvalue weighted by Gasteiger charge is 2.18. The fraction of sp³-hybridized carbons (Fsp3) is 0.0769. The van der Waals surface area contributed by atoms with E-state index in [9.17, 15) is 22.8 Å². The van der Waals surface area contributed by atoms with E-state index in [0.717, 1.165) is 17.4 Å². The lowest BCUT2D eigenvalue weighted by atomic mass is 10.2. The first kappa shape index (κ1) is 15.0. The summed E-state index contributed by atoms with van der Waals surface area (Å²) in [5.74, 6) is -5.88. The molecule has 110 valence electrons. The Kier molecular flexibility index (Phi) is 4.27. The van der Waals surface area contributed by atoms with Crippen LogP contribution >= 0.6 is 11.3 Å². The molecule has 0 fully saturated rings. The van der Waals surface area contributed by atoms with Crippen LogP contribution < -0.4 is 5.32 Å². The van der Waals surface area contributed by atoms with Gasteiger partial charge in [0.15, 0.2) is 17.5 Å². The van der Waals surface area contributed by atoms with Crippen molar-refractivity contribution in [2.24, 2.45) is 0 Å². The van der Waals surface area contributed by atoms with Gasteiger partial charge in [-0.1, -0.05) is 0 Å². The summed E-state index contributed by atoms with van der Waals surface area (Å²) in [5.41, 5.74) is -0.494. The molecule has 0 aliphatic carbocycles. The Morgan fingerprint density at radius 1 is 1.05 bits per heavy atom. The SMILES string of the molecule is COC(=O)c1ccc(C(=O)Nc2ccc(F)c(F)c2F)s1. The van der Waals surface area contributed by atoms with Crippen LogP contribution in [0.2, 0.25) is 0 Å². The van der Waals surface area contributed by atoms with Gasteiger partial charge >= 0.3 is 5.97 Å². The van der Waals surface area contributed by atoms with Crippen molar-refractivity contribution in [1.29, 1.82) is 0 Å². The van der Waals surface area contributed by atoms with Gasteiger partial charge in [0.2, 0.25) is 0 Å². The molecule has 0 radical (unpaired) electrons. The second-order valence-corrected chi connectivity index (χ2v) is 4.92. The number of carbonyl (C=O) groups excluding carboxylic acids is 2. The van der Waals surface area contributed by atoms with Crippen molar-refractivity contribution in [2.75, 3.05) is 12.4 Å². The van der Waals surface area contributed by atoms with Crippen molar-refractivity contribution >= 4 is 28.9 Å². The van der Waals surface area contributed by atoms with E-state index >= 15 is 0 Å². The number of anilines is 1. The number of esters is 1. The van der Waals surface area contributed by atoms with Crippen LogP contribution in [0.1, 0.15) is 19.3 Å². The topological polar surface area (TPSA) is 55.4 Å². The number of nitrogens with one attached hydrogen (secondary N) is 1. The third-order valence-electron chi connectivity index (χ3n) is 2.50. The van der Waals surface area contributed by atoms with Crippen LogP contribution in [-0.4, -0.2) is 19.0 Å². The third kappa shape index (κ3) is 3.05. The molecule has 0 saturated heterocycles. The lowest BCUT2D eigenvalue weighted by Crippen LogP contribution is -2.12. The summed E-state index contributed by atoms with van der Waals surface area (Å²) in [5, 5.41) is 2.10. The number of hydrogen-bond acceptors (Lipinski definition) is 4. The molecule has 1 aromatic heterocycles. The Bertz CT molecular complexity index is 715. The van der Waals surface area contributed by atoms with Crippen molar-refractivity contribution in [2.45, 2.75) is 0 Å². The number of ether oxygens (including phenoxy) is 1. The quantitative estimate of drug-likeness (QED) is 0.699. The van der Waals surface area contributed by atoms with Crippen LogP contribution in [0.15, 0.2) is 24.3 Å². The highest BCUT2D eigenvalue weighted by atomic mass is 32.1. The minimum atomic E-state index is -1.67. The summed E-state index contributed by atoms with van der Waals surface area (Å²) in [7, 11) is 1.19. The van der Waals surface area contributed by atoms with Crippen LogP contribution in [0.3, 0.4) is 0 Å². The average Bonchev–Trinajstić information content (AvgIpc) is 2.97. The normalized spacial score (nSPS) is 10.3. The summed E-state index contributed by atoms with van der Waals surface area (Å²) >= 11 is 0.829. The fourth-order valence-electron chi connectivity index (χ4n) is 1.48. The smallest absolute Gasteiger partial charge is 0.348 e. The molecule has 21 heavy (non-hydrogen) atoms. The number of carbonyl (C=O) groups is 2. The van der Waals surface area contributed by atoms with E-state index in [1.807, 2.05) is 0 Å². The fourth-order valence-corrected chi connectivity index (χ4v) is 2.30. The molecule has 8 heteroatoms. The zero-order valence-electron chi connectivity index (χ0n) is 10.6. The van der Waals surface area contributed by atoms with E-state index in [0.29, 0.717) is 6.07 Å². The van der Waals surface area contributed by atoms with Crippen LogP contribution in [-0.2, 0) is 4.74 Å². The van der Waals surface area contributed by atoms with Gasteiger partial charge in [-0.05, 0) is 24.3 Å². The standard InChI is InChI=1S/C13H8F3NO3S/c1-20-13(19)9-5-4-8(21-9)12(18)17-7-3-2-6(14)10(15)11(7)16/h2-5H,1H3,(H,17,18). The molecule has 0 bridgehead atoms. The second-order valence-electron chi connectivity index (χ2n) is 3.83.